The number of nitrogens with zero attached hydrogens (tertiary/aromatic N) is 3. The monoisotopic (exact) mass is 205 g/mol. The molecule has 70 valence electrons. The Hall–Kier alpha value is -1.62. The van der Waals surface area contributed by atoms with E-state index >= 15 is 0 Å². The fourth-order valence-corrected chi connectivity index (χ4v) is 1.83. The normalized spacial score (nSPS) is 10.1. The molecule has 0 aliphatic carbocycles. The molecule has 0 saturated heterocycles. The maximum absolute atomic E-state index is 11.8. The van der Waals surface area contributed by atoms with Crippen molar-refractivity contribution in [1.82, 2.24) is 15.0 Å². The number of aryl methyl sites for hydroxylation is 1. The molecule has 0 saturated carbocycles. The molecule has 0 bridgehead atoms. The highest BCUT2D eigenvalue weighted by molar-refractivity contribution is 7.12. The summed E-state index contributed by atoms with van der Waals surface area (Å²) in [4.78, 5) is 24.1. The lowest BCUT2D eigenvalue weighted by Crippen LogP contribution is -2.01. The van der Waals surface area contributed by atoms with Crippen LogP contribution in [-0.4, -0.2) is 20.7 Å². The van der Waals surface area contributed by atoms with E-state index in [1.54, 1.807) is 5.51 Å². The van der Waals surface area contributed by atoms with Gasteiger partial charge in [-0.2, -0.15) is 0 Å². The summed E-state index contributed by atoms with van der Waals surface area (Å²) < 4.78 is 0. The van der Waals surface area contributed by atoms with E-state index in [-0.39, 0.29) is 5.78 Å². The number of carbonyl (C=O) groups excluding carboxylic acids is 1. The van der Waals surface area contributed by atoms with E-state index in [1.165, 1.54) is 30.1 Å². The zero-order chi connectivity index (χ0) is 9.97. The molecule has 2 heterocycles. The summed E-state index contributed by atoms with van der Waals surface area (Å²) in [6, 6.07) is 0. The molecule has 0 amide bonds. The zero-order valence-electron chi connectivity index (χ0n) is 7.47. The van der Waals surface area contributed by atoms with E-state index in [9.17, 15) is 4.79 Å². The fourth-order valence-electron chi connectivity index (χ4n) is 1.07. The predicted molar refractivity (Wildman–Crippen MR) is 52.3 cm³/mol. The summed E-state index contributed by atoms with van der Waals surface area (Å²) in [7, 11) is 0. The molecule has 0 aliphatic rings. The van der Waals surface area contributed by atoms with Crippen molar-refractivity contribution in [2.75, 3.05) is 0 Å². The molecule has 0 unspecified atom stereocenters. The zero-order valence-corrected chi connectivity index (χ0v) is 8.28. The standard InChI is InChI=1S/C9H7N3OS/c1-6-9(14-5-12-6)8(13)7-2-10-4-11-3-7/h2-5H,1H3. The first-order valence-electron chi connectivity index (χ1n) is 3.99. The number of ketones is 1. The van der Waals surface area contributed by atoms with Gasteiger partial charge in [0.15, 0.2) is 0 Å². The topological polar surface area (TPSA) is 55.7 Å². The summed E-state index contributed by atoms with van der Waals surface area (Å²) in [5.41, 5.74) is 2.91. The van der Waals surface area contributed by atoms with Crippen LogP contribution in [0.5, 0.6) is 0 Å². The van der Waals surface area contributed by atoms with E-state index in [1.807, 2.05) is 6.92 Å². The fraction of sp³-hybridized carbons (Fsp3) is 0.111. The Bertz CT molecular complexity index is 452. The molecule has 2 rings (SSSR count). The average molecular weight is 205 g/mol. The largest absolute Gasteiger partial charge is 0.287 e. The van der Waals surface area contributed by atoms with E-state index < -0.39 is 0 Å². The molecule has 0 spiro atoms. The van der Waals surface area contributed by atoms with Gasteiger partial charge in [0, 0.05) is 12.4 Å². The smallest absolute Gasteiger partial charge is 0.207 e. The molecular weight excluding hydrogens is 198 g/mol. The second-order valence-corrected chi connectivity index (χ2v) is 3.58. The Morgan fingerprint density at radius 2 is 2.07 bits per heavy atom. The van der Waals surface area contributed by atoms with Crippen LogP contribution in [0.1, 0.15) is 20.9 Å². The molecule has 14 heavy (non-hydrogen) atoms. The van der Waals surface area contributed by atoms with Crippen molar-refractivity contribution in [3.8, 4) is 0 Å². The molecule has 0 N–H and O–H groups in total. The highest BCUT2D eigenvalue weighted by Gasteiger charge is 2.13. The molecule has 0 radical (unpaired) electrons. The number of carbonyl (C=O) groups is 1. The minimum Gasteiger partial charge on any atom is -0.287 e. The van der Waals surface area contributed by atoms with Crippen molar-refractivity contribution in [3.05, 3.63) is 40.4 Å². The maximum atomic E-state index is 11.8. The average Bonchev–Trinajstić information content (AvgIpc) is 2.65. The Kier molecular flexibility index (Phi) is 2.32. The lowest BCUT2D eigenvalue weighted by Gasteiger charge is -1.96. The maximum Gasteiger partial charge on any atom is 0.207 e. The minimum absolute atomic E-state index is 0.0643. The van der Waals surface area contributed by atoms with Gasteiger partial charge in [0.05, 0.1) is 21.6 Å². The summed E-state index contributed by atoms with van der Waals surface area (Å²) in [5, 5.41) is 0. The Balaban J connectivity index is 2.39. The summed E-state index contributed by atoms with van der Waals surface area (Å²) in [5.74, 6) is -0.0643. The van der Waals surface area contributed by atoms with Crippen LogP contribution < -0.4 is 0 Å². The molecule has 0 atom stereocenters. The lowest BCUT2D eigenvalue weighted by atomic mass is 10.2. The summed E-state index contributed by atoms with van der Waals surface area (Å²) >= 11 is 1.34. The third-order valence-electron chi connectivity index (χ3n) is 1.77. The molecular formula is C9H7N3OS. The van der Waals surface area contributed by atoms with Crippen molar-refractivity contribution in [2.45, 2.75) is 6.92 Å². The van der Waals surface area contributed by atoms with Gasteiger partial charge in [0.2, 0.25) is 5.78 Å². The van der Waals surface area contributed by atoms with Crippen LogP contribution in [0.3, 0.4) is 0 Å². The molecule has 4 nitrogen and oxygen atoms in total. The number of aromatic nitrogens is 3. The third kappa shape index (κ3) is 1.54. The van der Waals surface area contributed by atoms with Gasteiger partial charge < -0.3 is 0 Å². The van der Waals surface area contributed by atoms with Crippen molar-refractivity contribution >= 4 is 17.1 Å². The van der Waals surface area contributed by atoms with Crippen molar-refractivity contribution in [1.29, 1.82) is 0 Å². The minimum atomic E-state index is -0.0643. The second-order valence-electron chi connectivity index (χ2n) is 2.72. The molecule has 0 aromatic carbocycles. The number of hydrogen-bond acceptors (Lipinski definition) is 5. The number of hydrogen-bond donors (Lipinski definition) is 0. The molecule has 0 aliphatic heterocycles. The molecule has 5 heteroatoms. The van der Waals surface area contributed by atoms with Crippen LogP contribution in [0, 0.1) is 6.92 Å². The highest BCUT2D eigenvalue weighted by atomic mass is 32.1. The number of thiazole rings is 1. The van der Waals surface area contributed by atoms with Crippen LogP contribution in [0.4, 0.5) is 0 Å². The SMILES string of the molecule is Cc1ncsc1C(=O)c1cncnc1. The first-order chi connectivity index (χ1) is 6.79. The van der Waals surface area contributed by atoms with Crippen LogP contribution in [0.15, 0.2) is 24.2 Å². The van der Waals surface area contributed by atoms with Crippen LogP contribution >= 0.6 is 11.3 Å². The lowest BCUT2D eigenvalue weighted by molar-refractivity contribution is 0.104. The Morgan fingerprint density at radius 3 is 2.64 bits per heavy atom. The van der Waals surface area contributed by atoms with Crippen LogP contribution in [0.2, 0.25) is 0 Å². The van der Waals surface area contributed by atoms with E-state index in [2.05, 4.69) is 15.0 Å². The van der Waals surface area contributed by atoms with Crippen LogP contribution in [-0.2, 0) is 0 Å². The van der Waals surface area contributed by atoms with Gasteiger partial charge in [-0.25, -0.2) is 15.0 Å². The van der Waals surface area contributed by atoms with Crippen molar-refractivity contribution in [3.63, 3.8) is 0 Å². The first-order valence-corrected chi connectivity index (χ1v) is 4.87. The molecule has 2 aromatic rings. The van der Waals surface area contributed by atoms with Gasteiger partial charge in [0.1, 0.15) is 6.33 Å². The van der Waals surface area contributed by atoms with Gasteiger partial charge in [-0.1, -0.05) is 0 Å². The Labute approximate surface area is 84.7 Å². The van der Waals surface area contributed by atoms with Gasteiger partial charge in [-0.15, -0.1) is 11.3 Å². The predicted octanol–water partition coefficient (Wildman–Crippen LogP) is 1.47. The van der Waals surface area contributed by atoms with E-state index in [4.69, 9.17) is 0 Å². The molecule has 0 fully saturated rings. The summed E-state index contributed by atoms with van der Waals surface area (Å²) in [6.45, 7) is 1.81. The Morgan fingerprint density at radius 1 is 1.36 bits per heavy atom. The first kappa shape index (κ1) is 8.96. The van der Waals surface area contributed by atoms with Gasteiger partial charge in [-0.3, -0.25) is 4.79 Å². The van der Waals surface area contributed by atoms with Crippen molar-refractivity contribution < 1.29 is 4.79 Å². The molecule has 2 aromatic heterocycles. The highest BCUT2D eigenvalue weighted by Crippen LogP contribution is 2.16. The summed E-state index contributed by atoms with van der Waals surface area (Å²) in [6.07, 6.45) is 4.42. The van der Waals surface area contributed by atoms with Crippen molar-refractivity contribution in [2.24, 2.45) is 0 Å². The van der Waals surface area contributed by atoms with Crippen LogP contribution in [0.25, 0.3) is 0 Å². The quantitative estimate of drug-likeness (QED) is 0.697. The second kappa shape index (κ2) is 3.63. The van der Waals surface area contributed by atoms with Gasteiger partial charge in [-0.05, 0) is 6.92 Å². The van der Waals surface area contributed by atoms with Gasteiger partial charge in [0.25, 0.3) is 0 Å². The van der Waals surface area contributed by atoms with Gasteiger partial charge >= 0.3 is 0 Å². The number of rotatable bonds is 2. The van der Waals surface area contributed by atoms with E-state index in [0.717, 1.165) is 5.69 Å². The third-order valence-corrected chi connectivity index (χ3v) is 2.70. The van der Waals surface area contributed by atoms with E-state index in [0.29, 0.717) is 10.4 Å².